The van der Waals surface area contributed by atoms with Gasteiger partial charge in [-0.15, -0.1) is 9.05 Å². The van der Waals surface area contributed by atoms with Crippen LogP contribution in [0, 0.1) is 10.8 Å². The molecule has 2 aromatic heterocycles. The Labute approximate surface area is 619 Å². The number of unbranched alkanes of at least 4 members (excludes halogenated alkanes) is 8. The third-order valence-corrected chi connectivity index (χ3v) is 17.2. The van der Waals surface area contributed by atoms with E-state index in [1.807, 2.05) is 0 Å². The lowest BCUT2D eigenvalue weighted by molar-refractivity contribution is -0.173. The average molecular weight is 1670 g/mol. The van der Waals surface area contributed by atoms with Crippen molar-refractivity contribution in [1.82, 2.24) is 31.9 Å². The highest BCUT2D eigenvalue weighted by Gasteiger charge is 2.42. The van der Waals surface area contributed by atoms with E-state index in [0.29, 0.717) is 42.3 Å². The molecule has 0 spiro atoms. The normalized spacial score (nSPS) is 12.0. The van der Waals surface area contributed by atoms with Crippen molar-refractivity contribution in [3.63, 3.8) is 0 Å². The predicted octanol–water partition coefficient (Wildman–Crippen LogP) is 11.1. The summed E-state index contributed by atoms with van der Waals surface area (Å²) in [5.41, 5.74) is -4.10. The number of esters is 2. The van der Waals surface area contributed by atoms with Crippen molar-refractivity contribution < 1.29 is 146 Å². The number of carbonyl (C=O) groups is 8. The SMILES string of the molecule is CC(C)(C)C(=O)Oc1cc2oc(=O)c(C(=O)NCCCCCO)cc2cc1P(=O)(OCCCCNC(=O)C(F)(F)F)OCCCCNC(=O)C(F)(F)F.COCCCCCNC(=O)c1cc2cc(Br)c(OC(=O)C(C)(C)C)cc2oc1=O.O=C(NCCCCO[P+](=O)OCCCCNC(=O)C(F)(F)F)C(F)(F)F. The number of fused-ring (bicyclic) bond motifs is 2. The van der Waals surface area contributed by atoms with Crippen molar-refractivity contribution in [3.8, 4) is 11.5 Å². The molecule has 6 amide bonds. The molecule has 0 saturated carbocycles. The molecule has 0 aliphatic rings. The molecule has 4 rings (SSSR count). The smallest absolute Gasteiger partial charge is 0.425 e. The van der Waals surface area contributed by atoms with Gasteiger partial charge in [-0.3, -0.25) is 42.9 Å². The van der Waals surface area contributed by atoms with E-state index in [2.05, 4.69) is 26.6 Å². The van der Waals surface area contributed by atoms with Crippen LogP contribution in [0.5, 0.6) is 11.5 Å². The topological polar surface area (TPSA) is 388 Å². The molecule has 0 saturated heterocycles. The van der Waals surface area contributed by atoms with Gasteiger partial charge in [0.25, 0.3) is 11.8 Å². The van der Waals surface area contributed by atoms with E-state index in [0.717, 1.165) is 37.5 Å². The molecular weight excluding hydrogens is 1590 g/mol. The highest BCUT2D eigenvalue weighted by atomic mass is 79.9. The zero-order chi connectivity index (χ0) is 81.9. The summed E-state index contributed by atoms with van der Waals surface area (Å²) in [5, 5.41) is 21.0. The lowest BCUT2D eigenvalue weighted by Gasteiger charge is -2.23. The number of rotatable bonds is 40. The molecule has 0 fully saturated rings. The van der Waals surface area contributed by atoms with Gasteiger partial charge in [0.15, 0.2) is 0 Å². The Balaban J connectivity index is 0.000000605. The maximum atomic E-state index is 14.5. The van der Waals surface area contributed by atoms with E-state index in [1.165, 1.54) is 32.9 Å². The number of aliphatic hydroxyl groups excluding tert-OH is 1. The molecule has 108 heavy (non-hydrogen) atoms. The van der Waals surface area contributed by atoms with Crippen molar-refractivity contribution in [2.75, 3.05) is 86.0 Å². The minimum atomic E-state index is -5.10. The van der Waals surface area contributed by atoms with Gasteiger partial charge in [-0.2, -0.15) is 52.7 Å². The van der Waals surface area contributed by atoms with E-state index in [-0.39, 0.29) is 119 Å². The fourth-order valence-corrected chi connectivity index (χ4v) is 10.8. The number of ether oxygens (including phenoxy) is 3. The average Bonchev–Trinajstić information content (AvgIpc) is 0.768. The van der Waals surface area contributed by atoms with Gasteiger partial charge in [0.05, 0.1) is 28.5 Å². The first-order valence-corrected chi connectivity index (χ1v) is 36.6. The molecule has 7 N–H and O–H groups in total. The van der Waals surface area contributed by atoms with Crippen LogP contribution in [0.1, 0.15) is 152 Å². The molecule has 0 aliphatic heterocycles. The number of benzene rings is 2. The fraction of sp³-hybridized carbons (Fsp3) is 0.600. The number of carbonyl (C=O) groups excluding carboxylic acids is 8. The van der Waals surface area contributed by atoms with E-state index in [4.69, 9.17) is 46.2 Å². The highest BCUT2D eigenvalue weighted by molar-refractivity contribution is 9.10. The second-order valence-electron chi connectivity index (χ2n) is 25.1. The predicted molar refractivity (Wildman–Crippen MR) is 366 cm³/mol. The molecule has 0 unspecified atom stereocenters. The lowest BCUT2D eigenvalue weighted by Crippen LogP contribution is -2.37. The van der Waals surface area contributed by atoms with Gasteiger partial charge in [0.1, 0.15) is 52.3 Å². The molecule has 608 valence electrons. The second-order valence-corrected chi connectivity index (χ2v) is 28.9. The molecule has 43 heteroatoms. The number of alkyl halides is 12. The molecule has 2 aromatic carbocycles. The van der Waals surface area contributed by atoms with Crippen LogP contribution in [0.2, 0.25) is 0 Å². The molecule has 4 aromatic rings. The Bertz CT molecular complexity index is 3740. The Morgan fingerprint density at radius 1 is 0.454 bits per heavy atom. The summed E-state index contributed by atoms with van der Waals surface area (Å²) < 4.78 is 220. The van der Waals surface area contributed by atoms with Crippen LogP contribution >= 0.6 is 31.8 Å². The fourth-order valence-electron chi connectivity index (χ4n) is 7.99. The van der Waals surface area contributed by atoms with Crippen molar-refractivity contribution in [3.05, 3.63) is 72.8 Å². The summed E-state index contributed by atoms with van der Waals surface area (Å²) in [4.78, 5) is 118. The first kappa shape index (κ1) is 96.4. The van der Waals surface area contributed by atoms with Crippen molar-refractivity contribution >= 4 is 106 Å². The van der Waals surface area contributed by atoms with Gasteiger partial charge >= 0.3 is 87.4 Å². The summed E-state index contributed by atoms with van der Waals surface area (Å²) >= 11 is 3.36. The Hall–Kier alpha value is -7.65. The maximum Gasteiger partial charge on any atom is 0.697 e. The van der Waals surface area contributed by atoms with Crippen LogP contribution in [0.25, 0.3) is 21.9 Å². The number of aliphatic hydroxyl groups is 1. The second kappa shape index (κ2) is 46.1. The number of hydrogen-bond donors (Lipinski definition) is 7. The Kier molecular flexibility index (Phi) is 41.2. The van der Waals surface area contributed by atoms with Gasteiger partial charge < -0.3 is 69.1 Å². The Morgan fingerprint density at radius 2 is 0.778 bits per heavy atom. The molecule has 28 nitrogen and oxygen atoms in total. The van der Waals surface area contributed by atoms with Crippen LogP contribution in [0.3, 0.4) is 0 Å². The van der Waals surface area contributed by atoms with Gasteiger partial charge in [-0.05, 0) is 172 Å². The largest absolute Gasteiger partial charge is 0.697 e. The van der Waals surface area contributed by atoms with Gasteiger partial charge in [0, 0.05) is 87.1 Å². The summed E-state index contributed by atoms with van der Waals surface area (Å²) in [6.45, 7) is 8.71. The maximum absolute atomic E-state index is 14.5. The van der Waals surface area contributed by atoms with Gasteiger partial charge in [-0.25, -0.2) is 9.59 Å². The van der Waals surface area contributed by atoms with E-state index < -0.39 is 153 Å². The molecule has 0 atom stereocenters. The summed E-state index contributed by atoms with van der Waals surface area (Å²) in [6.07, 6.45) is -15.4. The first-order valence-electron chi connectivity index (χ1n) is 33.2. The van der Waals surface area contributed by atoms with E-state index >= 15 is 0 Å². The van der Waals surface area contributed by atoms with Crippen LogP contribution in [-0.2, 0) is 60.7 Å². The van der Waals surface area contributed by atoms with Crippen molar-refractivity contribution in [1.29, 1.82) is 0 Å². The summed E-state index contributed by atoms with van der Waals surface area (Å²) in [7, 11) is -5.46. The first-order chi connectivity index (χ1) is 50.2. The van der Waals surface area contributed by atoms with Crippen LogP contribution in [-0.4, -0.2) is 163 Å². The molecule has 2 heterocycles. The van der Waals surface area contributed by atoms with E-state index in [9.17, 15) is 110 Å². The van der Waals surface area contributed by atoms with Crippen LogP contribution < -0.4 is 57.9 Å². The number of amides is 6. The van der Waals surface area contributed by atoms with Crippen LogP contribution in [0.15, 0.2) is 59.3 Å². The minimum absolute atomic E-state index is 0.00209. The minimum Gasteiger partial charge on any atom is -0.425 e. The molecule has 0 aliphatic carbocycles. The van der Waals surface area contributed by atoms with Gasteiger partial charge in [0.2, 0.25) is 0 Å². The van der Waals surface area contributed by atoms with E-state index in [1.54, 1.807) is 55.2 Å². The number of hydrogen-bond acceptors (Lipinski definition) is 22. The number of methoxy groups -OCH3 is 1. The third-order valence-electron chi connectivity index (χ3n) is 13.8. The molecular formula is C65H86BrF12N6O22P2+. The third kappa shape index (κ3) is 36.7. The number of nitrogens with one attached hydrogen (secondary N) is 6. The zero-order valence-electron chi connectivity index (χ0n) is 59.7. The summed E-state index contributed by atoms with van der Waals surface area (Å²) in [5.74, 6) is -11.2. The zero-order valence-corrected chi connectivity index (χ0v) is 63.1. The molecule has 0 radical (unpaired) electrons. The van der Waals surface area contributed by atoms with Gasteiger partial charge in [-0.1, -0.05) is 0 Å². The van der Waals surface area contributed by atoms with Crippen molar-refractivity contribution in [2.45, 2.75) is 156 Å². The standard InChI is InChI=1S/C32H42F6N3O11P.C21H26BrNO6.C12H17F6N2O5P/c1-30(2,3)29(47)52-23-19-22-20(17-21(26(44)51-22)25(43)39-11-5-4-8-14-42)18-24(23)53(48,49-15-9-6-12-40-27(45)31(33,34)35)50-16-10-7-13-41-28(46)32(36,37)38;1-21(2,3)20(26)29-17-12-16-13(11-15(17)22)10-14(19(25)28-16)18(24)23-8-6-5-7-9-27-4;13-11(14,15)9(21)19-5-1-3-7-24-26(23)25-8-4-2-6-20-10(22)12(16,17)18/h17-19,42H,4-16H2,1-3H3,(H,39,43)(H,40,45)(H,41,46);10-12H,5-9H2,1-4H3,(H,23,24);1-8H2,(H-,19,20,21,22)/p+1. The lowest BCUT2D eigenvalue weighted by atomic mass is 9.97. The van der Waals surface area contributed by atoms with Crippen LogP contribution in [0.4, 0.5) is 52.7 Å². The molecule has 0 bridgehead atoms. The Morgan fingerprint density at radius 3 is 1.14 bits per heavy atom. The van der Waals surface area contributed by atoms with Crippen molar-refractivity contribution in [2.24, 2.45) is 10.8 Å². The monoisotopic (exact) mass is 1670 g/mol. The highest BCUT2D eigenvalue weighted by Crippen LogP contribution is 2.51. The quantitative estimate of drug-likeness (QED) is 0.00543. The summed E-state index contributed by atoms with van der Waals surface area (Å²) in [6, 6.07) is 7.87. The number of halogens is 13.